The molecule has 8 nitrogen and oxygen atoms in total. The number of aromatic nitrogens is 3. The van der Waals surface area contributed by atoms with Gasteiger partial charge in [-0.05, 0) is 31.2 Å². The van der Waals surface area contributed by atoms with Crippen LogP contribution in [0.1, 0.15) is 35.8 Å². The predicted octanol–water partition coefficient (Wildman–Crippen LogP) is 1.67. The molecule has 3 aromatic heterocycles. The molecular formula is C18H19N5O3S2. The summed E-state index contributed by atoms with van der Waals surface area (Å²) in [6.45, 7) is 1.70. The quantitative estimate of drug-likeness (QED) is 0.697. The summed E-state index contributed by atoms with van der Waals surface area (Å²) in [6, 6.07) is 5.13. The van der Waals surface area contributed by atoms with Crippen molar-refractivity contribution in [3.63, 3.8) is 0 Å². The Morgan fingerprint density at radius 2 is 2.25 bits per heavy atom. The van der Waals surface area contributed by atoms with Gasteiger partial charge in [0.15, 0.2) is 5.65 Å². The fourth-order valence-electron chi connectivity index (χ4n) is 4.32. The minimum Gasteiger partial charge on any atom is -0.331 e. The van der Waals surface area contributed by atoms with E-state index in [0.717, 1.165) is 46.8 Å². The summed E-state index contributed by atoms with van der Waals surface area (Å²) in [5.74, 6) is -0.199. The highest BCUT2D eigenvalue weighted by Gasteiger charge is 2.43. The molecule has 5 rings (SSSR count). The molecule has 1 fully saturated rings. The first-order valence-corrected chi connectivity index (χ1v) is 11.5. The van der Waals surface area contributed by atoms with Crippen molar-refractivity contribution in [2.45, 2.75) is 42.5 Å². The van der Waals surface area contributed by atoms with Crippen LogP contribution in [0.25, 0.3) is 5.65 Å². The molecule has 1 N–H and O–H groups in total. The predicted molar refractivity (Wildman–Crippen MR) is 104 cm³/mol. The zero-order valence-corrected chi connectivity index (χ0v) is 16.8. The SMILES string of the molecule is Cc1cc2ncc3c(n2n1)C[C@H]1CC[C@H]3N1C(=O)CNS(=O)(=O)c1cccs1. The monoisotopic (exact) mass is 417 g/mol. The first-order valence-electron chi connectivity index (χ1n) is 9.12. The number of nitrogens with one attached hydrogen (secondary N) is 1. The third-order valence-electron chi connectivity index (χ3n) is 5.49. The van der Waals surface area contributed by atoms with Gasteiger partial charge >= 0.3 is 0 Å². The topological polar surface area (TPSA) is 96.7 Å². The van der Waals surface area contributed by atoms with Crippen LogP contribution in [0.5, 0.6) is 0 Å². The molecule has 0 aromatic carbocycles. The average molecular weight is 418 g/mol. The molecule has 2 bridgehead atoms. The highest BCUT2D eigenvalue weighted by atomic mass is 32.2. The van der Waals surface area contributed by atoms with Crippen molar-refractivity contribution in [2.24, 2.45) is 0 Å². The van der Waals surface area contributed by atoms with Gasteiger partial charge in [0.05, 0.1) is 24.0 Å². The van der Waals surface area contributed by atoms with E-state index in [9.17, 15) is 13.2 Å². The number of amides is 1. The number of carbonyl (C=O) groups is 1. The molecule has 2 aliphatic rings. The fraction of sp³-hybridized carbons (Fsp3) is 0.389. The van der Waals surface area contributed by atoms with Crippen molar-refractivity contribution >= 4 is 32.9 Å². The average Bonchev–Trinajstić information content (AvgIpc) is 3.38. The van der Waals surface area contributed by atoms with Crippen LogP contribution in [0.3, 0.4) is 0 Å². The summed E-state index contributed by atoms with van der Waals surface area (Å²) >= 11 is 1.13. The van der Waals surface area contributed by atoms with E-state index in [4.69, 9.17) is 0 Å². The van der Waals surface area contributed by atoms with Crippen molar-refractivity contribution in [3.05, 3.63) is 46.7 Å². The minimum atomic E-state index is -3.66. The van der Waals surface area contributed by atoms with Crippen LogP contribution in [-0.2, 0) is 21.2 Å². The maximum atomic E-state index is 12.9. The Hall–Kier alpha value is -2.30. The minimum absolute atomic E-state index is 0.0614. The van der Waals surface area contributed by atoms with Crippen LogP contribution in [0.4, 0.5) is 0 Å². The van der Waals surface area contributed by atoms with E-state index in [1.807, 2.05) is 28.6 Å². The molecule has 0 radical (unpaired) electrons. The number of sulfonamides is 1. The molecule has 10 heteroatoms. The van der Waals surface area contributed by atoms with Crippen LogP contribution in [0.2, 0.25) is 0 Å². The second-order valence-electron chi connectivity index (χ2n) is 7.22. The molecule has 3 aromatic rings. The van der Waals surface area contributed by atoms with Gasteiger partial charge < -0.3 is 4.90 Å². The molecule has 2 aliphatic heterocycles. The van der Waals surface area contributed by atoms with E-state index in [2.05, 4.69) is 14.8 Å². The molecule has 146 valence electrons. The molecule has 28 heavy (non-hydrogen) atoms. The molecule has 0 spiro atoms. The zero-order valence-electron chi connectivity index (χ0n) is 15.2. The summed E-state index contributed by atoms with van der Waals surface area (Å²) in [6.07, 6.45) is 4.29. The van der Waals surface area contributed by atoms with E-state index in [1.54, 1.807) is 11.4 Å². The largest absolute Gasteiger partial charge is 0.331 e. The lowest BCUT2D eigenvalue weighted by Gasteiger charge is -2.36. The molecule has 0 aliphatic carbocycles. The number of fused-ring (bicyclic) bond motifs is 6. The van der Waals surface area contributed by atoms with Crippen molar-refractivity contribution in [1.29, 1.82) is 0 Å². The van der Waals surface area contributed by atoms with E-state index in [1.165, 1.54) is 6.07 Å². The second kappa shape index (κ2) is 6.36. The third-order valence-corrected chi connectivity index (χ3v) is 8.29. The summed E-state index contributed by atoms with van der Waals surface area (Å²) in [7, 11) is -3.66. The highest BCUT2D eigenvalue weighted by molar-refractivity contribution is 7.91. The van der Waals surface area contributed by atoms with E-state index < -0.39 is 10.0 Å². The van der Waals surface area contributed by atoms with Gasteiger partial charge in [-0.2, -0.15) is 5.10 Å². The number of carbonyl (C=O) groups excluding carboxylic acids is 1. The second-order valence-corrected chi connectivity index (χ2v) is 10.2. The molecule has 0 unspecified atom stereocenters. The molecule has 1 amide bonds. The molecule has 2 atom stereocenters. The Balaban J connectivity index is 1.40. The van der Waals surface area contributed by atoms with Gasteiger partial charge in [0, 0.05) is 30.3 Å². The number of thiophene rings is 1. The highest BCUT2D eigenvalue weighted by Crippen LogP contribution is 2.43. The standard InChI is InChI=1S/C18H19N5O3S2/c1-11-7-16-19-9-13-14-5-4-12(8-15(13)23(16)21-11)22(14)17(24)10-20-28(25,26)18-3-2-6-27-18/h2-3,6-7,9,12,14,20H,4-5,8,10H2,1H3/t12-,14-/m1/s1. The number of aryl methyl sites for hydroxylation is 1. The number of nitrogens with zero attached hydrogens (tertiary/aromatic N) is 4. The Bertz CT molecular complexity index is 1170. The lowest BCUT2D eigenvalue weighted by molar-refractivity contribution is -0.133. The zero-order chi connectivity index (χ0) is 19.5. The van der Waals surface area contributed by atoms with Crippen LogP contribution in [0, 0.1) is 6.92 Å². The van der Waals surface area contributed by atoms with Crippen LogP contribution >= 0.6 is 11.3 Å². The lowest BCUT2D eigenvalue weighted by atomic mass is 9.99. The molecule has 5 heterocycles. The molecule has 1 saturated heterocycles. The fourth-order valence-corrected chi connectivity index (χ4v) is 6.33. The van der Waals surface area contributed by atoms with Crippen molar-refractivity contribution in [1.82, 2.24) is 24.2 Å². The number of hydrogen-bond donors (Lipinski definition) is 1. The Morgan fingerprint density at radius 1 is 1.39 bits per heavy atom. The molecule has 0 saturated carbocycles. The maximum absolute atomic E-state index is 12.9. The van der Waals surface area contributed by atoms with Gasteiger partial charge in [0.2, 0.25) is 5.91 Å². The molecular weight excluding hydrogens is 398 g/mol. The Kier molecular flexibility index (Phi) is 4.04. The van der Waals surface area contributed by atoms with Crippen molar-refractivity contribution < 1.29 is 13.2 Å². The van der Waals surface area contributed by atoms with E-state index in [-0.39, 0.29) is 28.7 Å². The van der Waals surface area contributed by atoms with Crippen LogP contribution in [0.15, 0.2) is 34.0 Å². The first kappa shape index (κ1) is 17.8. The van der Waals surface area contributed by atoms with Gasteiger partial charge in [-0.25, -0.2) is 22.6 Å². The van der Waals surface area contributed by atoms with Gasteiger partial charge in [-0.15, -0.1) is 11.3 Å². The third kappa shape index (κ3) is 2.75. The van der Waals surface area contributed by atoms with Crippen molar-refractivity contribution in [3.8, 4) is 0 Å². The van der Waals surface area contributed by atoms with Gasteiger partial charge in [-0.3, -0.25) is 4.79 Å². The van der Waals surface area contributed by atoms with Gasteiger partial charge in [0.1, 0.15) is 4.21 Å². The summed E-state index contributed by atoms with van der Waals surface area (Å²) in [4.78, 5) is 19.2. The van der Waals surface area contributed by atoms with E-state index in [0.29, 0.717) is 6.42 Å². The Labute approximate surface area is 166 Å². The number of rotatable bonds is 4. The lowest BCUT2D eigenvalue weighted by Crippen LogP contribution is -2.47. The van der Waals surface area contributed by atoms with E-state index >= 15 is 0 Å². The normalized spacial score (nSPS) is 21.2. The summed E-state index contributed by atoms with van der Waals surface area (Å²) in [5, 5.41) is 6.25. The first-order chi connectivity index (χ1) is 13.4. The van der Waals surface area contributed by atoms with Crippen molar-refractivity contribution in [2.75, 3.05) is 6.54 Å². The summed E-state index contributed by atoms with van der Waals surface area (Å²) in [5.41, 5.74) is 3.85. The van der Waals surface area contributed by atoms with Crippen LogP contribution in [-0.4, -0.2) is 46.4 Å². The number of hydrogen-bond acceptors (Lipinski definition) is 6. The van der Waals surface area contributed by atoms with Gasteiger partial charge in [0.25, 0.3) is 10.0 Å². The summed E-state index contributed by atoms with van der Waals surface area (Å²) < 4.78 is 29.2. The van der Waals surface area contributed by atoms with Crippen LogP contribution < -0.4 is 4.72 Å². The smallest absolute Gasteiger partial charge is 0.250 e. The Morgan fingerprint density at radius 3 is 3.04 bits per heavy atom. The van der Waals surface area contributed by atoms with Gasteiger partial charge in [-0.1, -0.05) is 6.07 Å². The maximum Gasteiger partial charge on any atom is 0.250 e.